The van der Waals surface area contributed by atoms with Crippen LogP contribution in [0.5, 0.6) is 11.5 Å². The van der Waals surface area contributed by atoms with E-state index in [2.05, 4.69) is 0 Å². The maximum atomic E-state index is 9.20. The summed E-state index contributed by atoms with van der Waals surface area (Å²) in [5.74, 6) is 1.52. The lowest BCUT2D eigenvalue weighted by molar-refractivity contribution is 0.122. The van der Waals surface area contributed by atoms with Crippen molar-refractivity contribution in [1.82, 2.24) is 0 Å². The van der Waals surface area contributed by atoms with Crippen molar-refractivity contribution in [2.45, 2.75) is 32.5 Å². The van der Waals surface area contributed by atoms with Crippen molar-refractivity contribution in [3.05, 3.63) is 59.7 Å². The number of aliphatic hydroxyl groups is 2. The lowest BCUT2D eigenvalue weighted by Crippen LogP contribution is -2.12. The number of ether oxygens (including phenoxy) is 2. The van der Waals surface area contributed by atoms with Crippen LogP contribution in [0.25, 0.3) is 0 Å². The molecular formula is C19H24O4. The summed E-state index contributed by atoms with van der Waals surface area (Å²) in [6, 6.07) is 15.8. The zero-order valence-corrected chi connectivity index (χ0v) is 13.6. The molecule has 0 aliphatic carbocycles. The molecule has 0 fully saturated rings. The predicted molar refractivity (Wildman–Crippen MR) is 90.0 cm³/mol. The Morgan fingerprint density at radius 2 is 1.04 bits per heavy atom. The first kappa shape index (κ1) is 17.3. The molecule has 124 valence electrons. The molecule has 0 saturated heterocycles. The summed E-state index contributed by atoms with van der Waals surface area (Å²) in [5.41, 5.74) is 2.37. The SMILES string of the molecule is C[C@H](O)COc1ccc(Cc2ccc(OC[C@@H](C)O)cc2)cc1. The topological polar surface area (TPSA) is 58.9 Å². The summed E-state index contributed by atoms with van der Waals surface area (Å²) in [5, 5.41) is 18.4. The van der Waals surface area contributed by atoms with Gasteiger partial charge >= 0.3 is 0 Å². The molecule has 2 aromatic rings. The van der Waals surface area contributed by atoms with E-state index in [1.54, 1.807) is 13.8 Å². The van der Waals surface area contributed by atoms with Crippen molar-refractivity contribution >= 4 is 0 Å². The Kier molecular flexibility index (Phi) is 6.44. The fourth-order valence-electron chi connectivity index (χ4n) is 2.08. The van der Waals surface area contributed by atoms with Gasteiger partial charge in [-0.25, -0.2) is 0 Å². The van der Waals surface area contributed by atoms with E-state index in [4.69, 9.17) is 9.47 Å². The van der Waals surface area contributed by atoms with Crippen molar-refractivity contribution in [3.8, 4) is 11.5 Å². The minimum atomic E-state index is -0.468. The first-order chi connectivity index (χ1) is 11.0. The van der Waals surface area contributed by atoms with E-state index >= 15 is 0 Å². The minimum absolute atomic E-state index is 0.299. The second-order valence-electron chi connectivity index (χ2n) is 5.78. The molecule has 2 atom stereocenters. The average Bonchev–Trinajstić information content (AvgIpc) is 2.53. The molecule has 0 aliphatic heterocycles. The van der Waals surface area contributed by atoms with Gasteiger partial charge in [-0.2, -0.15) is 0 Å². The van der Waals surface area contributed by atoms with Crippen LogP contribution in [0, 0.1) is 0 Å². The van der Waals surface area contributed by atoms with Gasteiger partial charge in [-0.1, -0.05) is 24.3 Å². The van der Waals surface area contributed by atoms with E-state index in [-0.39, 0.29) is 0 Å². The highest BCUT2D eigenvalue weighted by atomic mass is 16.5. The fourth-order valence-corrected chi connectivity index (χ4v) is 2.08. The number of benzene rings is 2. The Bertz CT molecular complexity index is 520. The van der Waals surface area contributed by atoms with Crippen molar-refractivity contribution < 1.29 is 19.7 Å². The maximum absolute atomic E-state index is 9.20. The van der Waals surface area contributed by atoms with Crippen molar-refractivity contribution in [1.29, 1.82) is 0 Å². The van der Waals surface area contributed by atoms with Crippen LogP contribution in [0.15, 0.2) is 48.5 Å². The van der Waals surface area contributed by atoms with E-state index in [1.807, 2.05) is 48.5 Å². The van der Waals surface area contributed by atoms with Gasteiger partial charge in [0.1, 0.15) is 24.7 Å². The molecule has 0 bridgehead atoms. The monoisotopic (exact) mass is 316 g/mol. The van der Waals surface area contributed by atoms with Crippen LogP contribution < -0.4 is 9.47 Å². The van der Waals surface area contributed by atoms with Gasteiger partial charge in [-0.3, -0.25) is 0 Å². The highest BCUT2D eigenvalue weighted by molar-refractivity contribution is 5.34. The van der Waals surface area contributed by atoms with Crippen LogP contribution in [-0.2, 0) is 6.42 Å². The summed E-state index contributed by atoms with van der Waals surface area (Å²) < 4.78 is 10.9. The Morgan fingerprint density at radius 1 is 0.696 bits per heavy atom. The quantitative estimate of drug-likeness (QED) is 0.786. The van der Waals surface area contributed by atoms with Crippen LogP contribution in [0.1, 0.15) is 25.0 Å². The van der Waals surface area contributed by atoms with Gasteiger partial charge in [0.2, 0.25) is 0 Å². The summed E-state index contributed by atoms with van der Waals surface area (Å²) in [4.78, 5) is 0. The molecule has 0 heterocycles. The molecule has 0 amide bonds. The van der Waals surface area contributed by atoms with E-state index in [0.29, 0.717) is 13.2 Å². The van der Waals surface area contributed by atoms with E-state index in [0.717, 1.165) is 17.9 Å². The lowest BCUT2D eigenvalue weighted by Gasteiger charge is -2.10. The molecule has 4 nitrogen and oxygen atoms in total. The Balaban J connectivity index is 1.88. The third-order valence-electron chi connectivity index (χ3n) is 3.24. The molecule has 2 N–H and O–H groups in total. The van der Waals surface area contributed by atoms with Crippen molar-refractivity contribution in [3.63, 3.8) is 0 Å². The molecule has 0 radical (unpaired) electrons. The molecule has 2 rings (SSSR count). The third kappa shape index (κ3) is 6.30. The van der Waals surface area contributed by atoms with Crippen molar-refractivity contribution in [2.75, 3.05) is 13.2 Å². The van der Waals surface area contributed by atoms with Gasteiger partial charge in [-0.05, 0) is 55.7 Å². The Morgan fingerprint density at radius 3 is 1.35 bits per heavy atom. The van der Waals surface area contributed by atoms with Gasteiger partial charge in [0.25, 0.3) is 0 Å². The normalized spacial score (nSPS) is 13.4. The second kappa shape index (κ2) is 8.56. The van der Waals surface area contributed by atoms with Gasteiger partial charge in [0.15, 0.2) is 0 Å². The zero-order chi connectivity index (χ0) is 16.7. The largest absolute Gasteiger partial charge is 0.491 e. The smallest absolute Gasteiger partial charge is 0.119 e. The molecule has 0 unspecified atom stereocenters. The molecule has 2 aromatic carbocycles. The van der Waals surface area contributed by atoms with Crippen LogP contribution in [0.2, 0.25) is 0 Å². The molecule has 0 aliphatic rings. The highest BCUT2D eigenvalue weighted by Crippen LogP contribution is 2.18. The average molecular weight is 316 g/mol. The first-order valence-corrected chi connectivity index (χ1v) is 7.82. The zero-order valence-electron chi connectivity index (χ0n) is 13.6. The molecule has 0 saturated carbocycles. The third-order valence-corrected chi connectivity index (χ3v) is 3.24. The van der Waals surface area contributed by atoms with E-state index in [9.17, 15) is 10.2 Å². The first-order valence-electron chi connectivity index (χ1n) is 7.82. The van der Waals surface area contributed by atoms with Crippen LogP contribution >= 0.6 is 0 Å². The minimum Gasteiger partial charge on any atom is -0.491 e. The predicted octanol–water partition coefficient (Wildman–Crippen LogP) is 2.80. The number of hydrogen-bond donors (Lipinski definition) is 2. The van der Waals surface area contributed by atoms with E-state index in [1.165, 1.54) is 11.1 Å². The van der Waals surface area contributed by atoms with Gasteiger partial charge in [0, 0.05) is 0 Å². The Hall–Kier alpha value is -2.04. The van der Waals surface area contributed by atoms with E-state index < -0.39 is 12.2 Å². The van der Waals surface area contributed by atoms with Crippen LogP contribution in [0.4, 0.5) is 0 Å². The molecule has 23 heavy (non-hydrogen) atoms. The van der Waals surface area contributed by atoms with Gasteiger partial charge in [0.05, 0.1) is 12.2 Å². The highest BCUT2D eigenvalue weighted by Gasteiger charge is 2.02. The molecule has 4 heteroatoms. The molecule has 0 spiro atoms. The second-order valence-corrected chi connectivity index (χ2v) is 5.78. The summed E-state index contributed by atoms with van der Waals surface area (Å²) in [6.07, 6.45) is -0.110. The standard InChI is InChI=1S/C19H24O4/c1-14(20)12-22-18-7-3-16(4-8-18)11-17-5-9-19(10-6-17)23-13-15(2)21/h3-10,14-15,20-21H,11-13H2,1-2H3/t14-,15+. The summed E-state index contributed by atoms with van der Waals surface area (Å²) >= 11 is 0. The summed E-state index contributed by atoms with van der Waals surface area (Å²) in [6.45, 7) is 3.99. The molecular weight excluding hydrogens is 292 g/mol. The summed E-state index contributed by atoms with van der Waals surface area (Å²) in [7, 11) is 0. The number of aliphatic hydroxyl groups excluding tert-OH is 2. The Labute approximate surface area is 137 Å². The van der Waals surface area contributed by atoms with Crippen molar-refractivity contribution in [2.24, 2.45) is 0 Å². The number of hydrogen-bond acceptors (Lipinski definition) is 4. The molecule has 0 aromatic heterocycles. The van der Waals surface area contributed by atoms with Crippen LogP contribution in [-0.4, -0.2) is 35.6 Å². The van der Waals surface area contributed by atoms with Crippen LogP contribution in [0.3, 0.4) is 0 Å². The maximum Gasteiger partial charge on any atom is 0.119 e. The lowest BCUT2D eigenvalue weighted by atomic mass is 10.0. The van der Waals surface area contributed by atoms with Gasteiger partial charge < -0.3 is 19.7 Å². The fraction of sp³-hybridized carbons (Fsp3) is 0.368. The van der Waals surface area contributed by atoms with Gasteiger partial charge in [-0.15, -0.1) is 0 Å². The number of rotatable bonds is 8.